The smallest absolute Gasteiger partial charge is 0.267 e. The van der Waals surface area contributed by atoms with E-state index in [4.69, 9.17) is 16.6 Å². The number of halogens is 1. The van der Waals surface area contributed by atoms with Gasteiger partial charge in [0.1, 0.15) is 11.4 Å². The van der Waals surface area contributed by atoms with Crippen LogP contribution in [0.3, 0.4) is 0 Å². The summed E-state index contributed by atoms with van der Waals surface area (Å²) in [6, 6.07) is 7.45. The van der Waals surface area contributed by atoms with Gasteiger partial charge in [-0.2, -0.15) is 0 Å². The molecule has 1 N–H and O–H groups in total. The molecule has 4 nitrogen and oxygen atoms in total. The first-order valence-corrected chi connectivity index (χ1v) is 10.8. The van der Waals surface area contributed by atoms with E-state index in [0.29, 0.717) is 10.3 Å². The largest absolute Gasteiger partial charge is 0.333 e. The number of aromatic nitrogens is 2. The van der Waals surface area contributed by atoms with Crippen molar-refractivity contribution >= 4 is 44.9 Å². The number of thioether (sulfide) groups is 1. The van der Waals surface area contributed by atoms with Gasteiger partial charge in [-0.3, -0.25) is 9.36 Å². The molecule has 1 unspecified atom stereocenters. The van der Waals surface area contributed by atoms with Crippen LogP contribution in [-0.2, 0) is 13.0 Å². The second kappa shape index (κ2) is 7.00. The molecule has 26 heavy (non-hydrogen) atoms. The lowest BCUT2D eigenvalue weighted by atomic mass is 10.1. The van der Waals surface area contributed by atoms with Crippen molar-refractivity contribution in [3.05, 3.63) is 50.1 Å². The van der Waals surface area contributed by atoms with E-state index in [1.165, 1.54) is 15.3 Å². The number of nitrogens with one attached hydrogen (secondary N) is 1. The third-order valence-corrected chi connectivity index (χ3v) is 6.87. The molecule has 0 radical (unpaired) electrons. The lowest BCUT2D eigenvalue weighted by Gasteiger charge is -2.19. The Morgan fingerprint density at radius 3 is 2.92 bits per heavy atom. The van der Waals surface area contributed by atoms with E-state index in [0.717, 1.165) is 40.6 Å². The summed E-state index contributed by atoms with van der Waals surface area (Å²) in [7, 11) is 2.20. The first kappa shape index (κ1) is 18.0. The summed E-state index contributed by atoms with van der Waals surface area (Å²) in [6.45, 7) is 6.25. The van der Waals surface area contributed by atoms with Crippen molar-refractivity contribution in [3.63, 3.8) is 0 Å². The van der Waals surface area contributed by atoms with E-state index in [1.807, 2.05) is 24.3 Å². The topological polar surface area (TPSA) is 39.3 Å². The summed E-state index contributed by atoms with van der Waals surface area (Å²) in [5.41, 5.74) is 2.00. The molecule has 1 aliphatic heterocycles. The third-order valence-electron chi connectivity index (χ3n) is 4.55. The molecule has 0 amide bonds. The van der Waals surface area contributed by atoms with Crippen LogP contribution in [0.1, 0.15) is 24.3 Å². The van der Waals surface area contributed by atoms with Gasteiger partial charge in [-0.15, -0.1) is 11.3 Å². The highest BCUT2D eigenvalue weighted by atomic mass is 35.5. The molecule has 1 aliphatic rings. The Labute approximate surface area is 165 Å². The highest BCUT2D eigenvalue weighted by Gasteiger charge is 2.26. The van der Waals surface area contributed by atoms with Crippen LogP contribution in [0.5, 0.6) is 0 Å². The van der Waals surface area contributed by atoms with Gasteiger partial charge in [0, 0.05) is 16.7 Å². The Kier molecular flexibility index (Phi) is 4.86. The molecule has 136 valence electrons. The van der Waals surface area contributed by atoms with Crippen molar-refractivity contribution in [2.24, 2.45) is 0 Å². The van der Waals surface area contributed by atoms with Gasteiger partial charge < -0.3 is 4.90 Å². The van der Waals surface area contributed by atoms with Crippen LogP contribution in [0.2, 0.25) is 5.02 Å². The lowest BCUT2D eigenvalue weighted by Crippen LogP contribution is -3.08. The molecule has 3 aromatic rings. The van der Waals surface area contributed by atoms with Gasteiger partial charge in [0.05, 0.1) is 29.5 Å². The number of quaternary nitrogens is 1. The van der Waals surface area contributed by atoms with E-state index >= 15 is 0 Å². The maximum absolute atomic E-state index is 13.5. The van der Waals surface area contributed by atoms with Gasteiger partial charge >= 0.3 is 0 Å². The van der Waals surface area contributed by atoms with Crippen LogP contribution in [0.4, 0.5) is 0 Å². The molecule has 4 rings (SSSR count). The van der Waals surface area contributed by atoms with Crippen molar-refractivity contribution in [1.82, 2.24) is 9.55 Å². The van der Waals surface area contributed by atoms with Crippen molar-refractivity contribution in [1.29, 1.82) is 0 Å². The number of rotatable bonds is 3. The Morgan fingerprint density at radius 2 is 2.19 bits per heavy atom. The quantitative estimate of drug-likeness (QED) is 0.536. The zero-order chi connectivity index (χ0) is 18.4. The Bertz CT molecular complexity index is 1040. The number of benzene rings is 1. The molecule has 0 aliphatic carbocycles. The van der Waals surface area contributed by atoms with Crippen molar-refractivity contribution in [2.45, 2.75) is 37.2 Å². The van der Waals surface area contributed by atoms with Gasteiger partial charge in [0.2, 0.25) is 0 Å². The molecule has 0 saturated heterocycles. The van der Waals surface area contributed by atoms with E-state index in [1.54, 1.807) is 27.7 Å². The summed E-state index contributed by atoms with van der Waals surface area (Å²) in [5, 5.41) is 2.48. The first-order chi connectivity index (χ1) is 12.4. The Hall–Kier alpha value is -1.34. The maximum Gasteiger partial charge on any atom is 0.267 e. The highest BCUT2D eigenvalue weighted by Crippen LogP contribution is 2.32. The lowest BCUT2D eigenvalue weighted by molar-refractivity contribution is -0.895. The fourth-order valence-corrected chi connectivity index (χ4v) is 5.80. The summed E-state index contributed by atoms with van der Waals surface area (Å²) in [4.78, 5) is 22.1. The number of fused-ring (bicyclic) bond motifs is 3. The fraction of sp³-hybridized carbons (Fsp3) is 0.368. The minimum atomic E-state index is 0.0254. The highest BCUT2D eigenvalue weighted by molar-refractivity contribution is 7.99. The number of thiophene rings is 1. The molecule has 1 aromatic carbocycles. The second-order valence-corrected chi connectivity index (χ2v) is 10.1. The van der Waals surface area contributed by atoms with Crippen molar-refractivity contribution in [3.8, 4) is 5.69 Å². The number of likely N-dealkylation sites (N-methyl/N-ethyl adjacent to an activating group) is 1. The van der Waals surface area contributed by atoms with E-state index in [9.17, 15) is 4.79 Å². The zero-order valence-electron chi connectivity index (χ0n) is 15.0. The van der Waals surface area contributed by atoms with Crippen LogP contribution in [0.15, 0.2) is 34.2 Å². The van der Waals surface area contributed by atoms with Gasteiger partial charge in [0.25, 0.3) is 5.56 Å². The maximum atomic E-state index is 13.5. The first-order valence-electron chi connectivity index (χ1n) is 8.75. The number of hydrogen-bond acceptors (Lipinski definition) is 4. The Morgan fingerprint density at radius 1 is 1.38 bits per heavy atom. The summed E-state index contributed by atoms with van der Waals surface area (Å²) in [6.07, 6.45) is 0.935. The molecule has 0 spiro atoms. The van der Waals surface area contributed by atoms with Gasteiger partial charge in [-0.25, -0.2) is 4.98 Å². The second-order valence-electron chi connectivity index (χ2n) is 7.00. The van der Waals surface area contributed by atoms with E-state index < -0.39 is 0 Å². The molecule has 7 heteroatoms. The average molecular weight is 407 g/mol. The minimum Gasteiger partial charge on any atom is -0.333 e. The molecule has 0 saturated carbocycles. The standard InChI is InChI=1S/C19H20ClN3OS2/c1-11(2)25-19-21-17-16(14-7-8-22(3)10-15(14)26-17)18(24)23(19)13-6-4-5-12(20)9-13/h4-6,9,11H,7-8,10H2,1-3H3/p+1. The number of hydrogen-bond donors (Lipinski definition) is 1. The Balaban J connectivity index is 2.02. The van der Waals surface area contributed by atoms with Crippen LogP contribution < -0.4 is 10.5 Å². The minimum absolute atomic E-state index is 0.0254. The summed E-state index contributed by atoms with van der Waals surface area (Å²) >= 11 is 9.48. The monoisotopic (exact) mass is 406 g/mol. The summed E-state index contributed by atoms with van der Waals surface area (Å²) < 4.78 is 1.73. The molecule has 3 heterocycles. The van der Waals surface area contributed by atoms with E-state index in [-0.39, 0.29) is 5.56 Å². The average Bonchev–Trinajstić information content (AvgIpc) is 2.91. The van der Waals surface area contributed by atoms with Crippen molar-refractivity contribution in [2.75, 3.05) is 13.6 Å². The predicted molar refractivity (Wildman–Crippen MR) is 110 cm³/mol. The zero-order valence-corrected chi connectivity index (χ0v) is 17.4. The molecule has 2 aromatic heterocycles. The van der Waals surface area contributed by atoms with Gasteiger partial charge in [0.15, 0.2) is 5.16 Å². The normalized spacial score (nSPS) is 17.0. The van der Waals surface area contributed by atoms with Gasteiger partial charge in [-0.1, -0.05) is 43.3 Å². The molecule has 0 bridgehead atoms. The predicted octanol–water partition coefficient (Wildman–Crippen LogP) is 3.17. The number of nitrogens with zero attached hydrogens (tertiary/aromatic N) is 2. The molecule has 1 atom stereocenters. The van der Waals surface area contributed by atoms with Crippen LogP contribution in [0, 0.1) is 0 Å². The molecular weight excluding hydrogens is 386 g/mol. The molecular formula is C19H21ClN3OS2+. The SMILES string of the molecule is CC(C)Sc1nc2sc3c(c2c(=O)n1-c1cccc(Cl)c1)CC[NH+](C)C3. The van der Waals surface area contributed by atoms with Crippen molar-refractivity contribution < 1.29 is 4.90 Å². The van der Waals surface area contributed by atoms with Crippen LogP contribution >= 0.6 is 34.7 Å². The fourth-order valence-electron chi connectivity index (χ4n) is 3.37. The van der Waals surface area contributed by atoms with Crippen LogP contribution in [0.25, 0.3) is 15.9 Å². The van der Waals surface area contributed by atoms with Crippen LogP contribution in [-0.4, -0.2) is 28.4 Å². The summed E-state index contributed by atoms with van der Waals surface area (Å²) in [5.74, 6) is 0. The molecule has 0 fully saturated rings. The van der Waals surface area contributed by atoms with Gasteiger partial charge in [-0.05, 0) is 23.8 Å². The van der Waals surface area contributed by atoms with E-state index in [2.05, 4.69) is 20.9 Å². The third kappa shape index (κ3) is 3.20.